The molecule has 1 fully saturated rings. The van der Waals surface area contributed by atoms with E-state index in [0.717, 1.165) is 53.9 Å². The summed E-state index contributed by atoms with van der Waals surface area (Å²) in [4.78, 5) is 21.0. The molecule has 0 bridgehead atoms. The number of hydrogen-bond acceptors (Lipinski definition) is 4. The highest BCUT2D eigenvalue weighted by Crippen LogP contribution is 2.31. The predicted octanol–water partition coefficient (Wildman–Crippen LogP) is 4.02. The zero-order valence-corrected chi connectivity index (χ0v) is 18.0. The Kier molecular flexibility index (Phi) is 6.42. The minimum Gasteiger partial charge on any atom is -0.497 e. The number of ether oxygens (including phenoxy) is 1. The number of fused-ring (bicyclic) bond motifs is 1. The number of imidazole rings is 1. The van der Waals surface area contributed by atoms with Crippen LogP contribution in [0.2, 0.25) is 0 Å². The lowest BCUT2D eigenvalue weighted by molar-refractivity contribution is 0.117. The number of nitrogens with one attached hydrogen (secondary N) is 3. The van der Waals surface area contributed by atoms with Crippen LogP contribution in [0.5, 0.6) is 5.75 Å². The van der Waals surface area contributed by atoms with Gasteiger partial charge in [0.15, 0.2) is 0 Å². The number of aliphatic hydroxyl groups is 1. The zero-order valence-electron chi connectivity index (χ0n) is 18.0. The molecule has 1 heterocycles. The van der Waals surface area contributed by atoms with Gasteiger partial charge in [-0.25, -0.2) is 9.78 Å². The number of aromatic nitrogens is 2. The molecule has 4 N–H and O–H groups in total. The Hall–Kier alpha value is -3.06. The quantitative estimate of drug-likeness (QED) is 0.482. The lowest BCUT2D eigenvalue weighted by Crippen LogP contribution is -2.46. The molecule has 0 saturated heterocycles. The van der Waals surface area contributed by atoms with Gasteiger partial charge in [-0.05, 0) is 55.5 Å². The van der Waals surface area contributed by atoms with E-state index in [1.54, 1.807) is 7.11 Å². The average molecular weight is 423 g/mol. The van der Waals surface area contributed by atoms with Gasteiger partial charge in [0.1, 0.15) is 11.6 Å². The molecular formula is C24H30N4O3. The zero-order chi connectivity index (χ0) is 21.8. The number of para-hydroxylation sites is 2. The highest BCUT2D eigenvalue weighted by molar-refractivity contribution is 5.77. The van der Waals surface area contributed by atoms with Crippen LogP contribution in [0, 0.1) is 0 Å². The van der Waals surface area contributed by atoms with Crippen LogP contribution < -0.4 is 15.4 Å². The van der Waals surface area contributed by atoms with Crippen molar-refractivity contribution in [3.05, 3.63) is 59.9 Å². The molecule has 31 heavy (non-hydrogen) atoms. The smallest absolute Gasteiger partial charge is 0.315 e. The molecule has 4 rings (SSSR count). The van der Waals surface area contributed by atoms with Crippen LogP contribution in [0.4, 0.5) is 4.79 Å². The normalized spacial score (nSPS) is 20.7. The maximum atomic E-state index is 12.9. The van der Waals surface area contributed by atoms with Crippen LogP contribution in [0.1, 0.15) is 56.0 Å². The van der Waals surface area contributed by atoms with E-state index in [1.165, 1.54) is 0 Å². The van der Waals surface area contributed by atoms with Gasteiger partial charge in [-0.3, -0.25) is 0 Å². The summed E-state index contributed by atoms with van der Waals surface area (Å²) in [5.41, 5.74) is 2.88. The number of hydrogen-bond donors (Lipinski definition) is 4. The molecule has 0 radical (unpaired) electrons. The number of carbonyl (C=O) groups is 1. The molecule has 2 aromatic carbocycles. The minimum atomic E-state index is -0.338. The van der Waals surface area contributed by atoms with E-state index in [0.29, 0.717) is 0 Å². The monoisotopic (exact) mass is 422 g/mol. The molecule has 1 aliphatic carbocycles. The summed E-state index contributed by atoms with van der Waals surface area (Å²) >= 11 is 0. The van der Waals surface area contributed by atoms with Crippen molar-refractivity contribution in [2.75, 3.05) is 7.11 Å². The number of benzene rings is 2. The number of carbonyl (C=O) groups excluding carboxylic acids is 1. The van der Waals surface area contributed by atoms with Crippen LogP contribution in [0.25, 0.3) is 11.0 Å². The van der Waals surface area contributed by atoms with Crippen molar-refractivity contribution in [2.45, 2.75) is 56.7 Å². The van der Waals surface area contributed by atoms with Crippen molar-refractivity contribution in [1.82, 2.24) is 20.6 Å². The molecule has 7 nitrogen and oxygen atoms in total. The highest BCUT2D eigenvalue weighted by atomic mass is 16.5. The van der Waals surface area contributed by atoms with E-state index in [4.69, 9.17) is 9.72 Å². The molecule has 164 valence electrons. The summed E-state index contributed by atoms with van der Waals surface area (Å²) in [5, 5.41) is 15.9. The van der Waals surface area contributed by atoms with Crippen molar-refractivity contribution in [3.63, 3.8) is 0 Å². The second-order valence-corrected chi connectivity index (χ2v) is 8.30. The van der Waals surface area contributed by atoms with E-state index in [9.17, 15) is 9.90 Å². The molecule has 2 atom stereocenters. The third-order valence-corrected chi connectivity index (χ3v) is 6.16. The number of rotatable bonds is 6. The minimum absolute atomic E-state index is 0.0228. The second kappa shape index (κ2) is 9.39. The van der Waals surface area contributed by atoms with Crippen molar-refractivity contribution in [3.8, 4) is 5.75 Å². The first-order valence-electron chi connectivity index (χ1n) is 10.9. The van der Waals surface area contributed by atoms with Crippen LogP contribution >= 0.6 is 0 Å². The number of methoxy groups -OCH3 is 1. The van der Waals surface area contributed by atoms with Crippen molar-refractivity contribution in [2.24, 2.45) is 0 Å². The summed E-state index contributed by atoms with van der Waals surface area (Å²) < 4.78 is 5.27. The lowest BCUT2D eigenvalue weighted by atomic mass is 9.92. The van der Waals surface area contributed by atoms with E-state index in [2.05, 4.69) is 22.5 Å². The Morgan fingerprint density at radius 2 is 1.84 bits per heavy atom. The van der Waals surface area contributed by atoms with Crippen LogP contribution in [0.3, 0.4) is 0 Å². The summed E-state index contributed by atoms with van der Waals surface area (Å²) in [6, 6.07) is 15.3. The van der Waals surface area contributed by atoms with Crippen molar-refractivity contribution in [1.29, 1.82) is 0 Å². The average Bonchev–Trinajstić information content (AvgIpc) is 3.22. The number of urea groups is 1. The molecule has 1 aromatic heterocycles. The molecule has 0 spiro atoms. The van der Waals surface area contributed by atoms with E-state index >= 15 is 0 Å². The maximum absolute atomic E-state index is 12.9. The van der Waals surface area contributed by atoms with E-state index in [-0.39, 0.29) is 30.1 Å². The van der Waals surface area contributed by atoms with E-state index in [1.807, 2.05) is 48.5 Å². The summed E-state index contributed by atoms with van der Waals surface area (Å²) in [7, 11) is 1.64. The predicted molar refractivity (Wildman–Crippen MR) is 120 cm³/mol. The third-order valence-electron chi connectivity index (χ3n) is 6.16. The van der Waals surface area contributed by atoms with Crippen molar-refractivity contribution >= 4 is 17.1 Å². The number of aromatic amines is 1. The molecule has 2 unspecified atom stereocenters. The molecular weight excluding hydrogens is 392 g/mol. The van der Waals surface area contributed by atoms with Gasteiger partial charge in [0.05, 0.1) is 30.3 Å². The molecule has 3 aromatic rings. The number of H-pyrrole nitrogens is 1. The van der Waals surface area contributed by atoms with Gasteiger partial charge in [-0.15, -0.1) is 0 Å². The molecule has 0 aliphatic heterocycles. The largest absolute Gasteiger partial charge is 0.497 e. The first-order valence-corrected chi connectivity index (χ1v) is 10.9. The Morgan fingerprint density at radius 3 is 2.52 bits per heavy atom. The summed E-state index contributed by atoms with van der Waals surface area (Å²) in [5.74, 6) is 1.49. The molecule has 1 aliphatic rings. The Balaban J connectivity index is 1.56. The Labute approximate surface area is 182 Å². The highest BCUT2D eigenvalue weighted by Gasteiger charge is 2.28. The van der Waals surface area contributed by atoms with Crippen LogP contribution in [-0.4, -0.2) is 40.4 Å². The summed E-state index contributed by atoms with van der Waals surface area (Å²) in [6.45, 7) is 2.08. The number of nitrogens with zero attached hydrogens (tertiary/aromatic N) is 1. The standard InChI is InChI=1S/C24H30N4O3/c1-15(16-7-13-19(31-2)14-8-16)22(23-26-20-5-3-4-6-21(20)27-23)28-24(30)25-17-9-11-18(29)12-10-17/h3-8,13-15,17-18,22,29H,9-12H2,1-2H3,(H,26,27)(H2,25,28,30)/t15?,17-,18-,22?. The van der Waals surface area contributed by atoms with Crippen molar-refractivity contribution < 1.29 is 14.6 Å². The number of amides is 2. The molecule has 2 amide bonds. The van der Waals surface area contributed by atoms with Gasteiger partial charge >= 0.3 is 6.03 Å². The van der Waals surface area contributed by atoms with Crippen LogP contribution in [-0.2, 0) is 0 Å². The second-order valence-electron chi connectivity index (χ2n) is 8.30. The van der Waals surface area contributed by atoms with Crippen LogP contribution in [0.15, 0.2) is 48.5 Å². The third kappa shape index (κ3) is 4.99. The topological polar surface area (TPSA) is 99.3 Å². The fourth-order valence-corrected chi connectivity index (χ4v) is 4.24. The van der Waals surface area contributed by atoms with Gasteiger partial charge < -0.3 is 25.5 Å². The van der Waals surface area contributed by atoms with Gasteiger partial charge in [-0.1, -0.05) is 31.2 Å². The van der Waals surface area contributed by atoms with Gasteiger partial charge in [0, 0.05) is 12.0 Å². The Morgan fingerprint density at radius 1 is 1.13 bits per heavy atom. The molecule has 7 heteroatoms. The first-order chi connectivity index (χ1) is 15.0. The van der Waals surface area contributed by atoms with E-state index < -0.39 is 0 Å². The van der Waals surface area contributed by atoms with Gasteiger partial charge in [0.2, 0.25) is 0 Å². The fourth-order valence-electron chi connectivity index (χ4n) is 4.24. The fraction of sp³-hybridized carbons (Fsp3) is 0.417. The maximum Gasteiger partial charge on any atom is 0.315 e. The summed E-state index contributed by atoms with van der Waals surface area (Å²) in [6.07, 6.45) is 2.77. The lowest BCUT2D eigenvalue weighted by Gasteiger charge is -2.29. The number of aliphatic hydroxyl groups excluding tert-OH is 1. The first kappa shape index (κ1) is 21.2. The van der Waals surface area contributed by atoms with Gasteiger partial charge in [-0.2, -0.15) is 0 Å². The Bertz CT molecular complexity index is 976. The molecule has 1 saturated carbocycles. The van der Waals surface area contributed by atoms with Gasteiger partial charge in [0.25, 0.3) is 0 Å². The SMILES string of the molecule is COc1ccc(C(C)C(NC(=O)N[C@H]2CC[C@H](O)CC2)c2nc3ccccc3[nH]2)cc1.